The van der Waals surface area contributed by atoms with Crippen LogP contribution >= 0.6 is 39.5 Å². The molecule has 3 aromatic rings. The van der Waals surface area contributed by atoms with E-state index in [1.807, 2.05) is 12.1 Å². The van der Waals surface area contributed by atoms with E-state index in [0.29, 0.717) is 6.61 Å². The van der Waals surface area contributed by atoms with Crippen molar-refractivity contribution in [2.45, 2.75) is 19.9 Å². The Morgan fingerprint density at radius 3 is 3.00 bits per heavy atom. The number of nitrogens with zero attached hydrogens (tertiary/aromatic N) is 1. The zero-order valence-corrected chi connectivity index (χ0v) is 14.8. The number of aromatic amines is 1. The minimum atomic E-state index is 0.711. The molecule has 6 heteroatoms. The maximum absolute atomic E-state index is 5.80. The summed E-state index contributed by atoms with van der Waals surface area (Å²) in [4.78, 5) is 4.54. The van der Waals surface area contributed by atoms with Gasteiger partial charge in [0.1, 0.15) is 11.3 Å². The van der Waals surface area contributed by atoms with E-state index in [9.17, 15) is 0 Å². The van der Waals surface area contributed by atoms with Crippen molar-refractivity contribution >= 4 is 50.5 Å². The van der Waals surface area contributed by atoms with Crippen molar-refractivity contribution in [1.82, 2.24) is 9.55 Å². The molecule has 0 atom stereocenters. The summed E-state index contributed by atoms with van der Waals surface area (Å²) < 4.78 is 9.74. The number of hydrogen-bond acceptors (Lipinski definition) is 3. The predicted octanol–water partition coefficient (Wildman–Crippen LogP) is 5.36. The highest BCUT2D eigenvalue weighted by molar-refractivity contribution is 9.10. The van der Waals surface area contributed by atoms with Gasteiger partial charge in [0, 0.05) is 14.7 Å². The molecule has 0 radical (unpaired) electrons. The summed E-state index contributed by atoms with van der Waals surface area (Å²) in [5, 5.41) is 2.09. The number of fused-ring (bicyclic) bond motifs is 1. The van der Waals surface area contributed by atoms with E-state index in [-0.39, 0.29) is 0 Å². The van der Waals surface area contributed by atoms with Gasteiger partial charge in [-0.25, -0.2) is 0 Å². The molecule has 21 heavy (non-hydrogen) atoms. The largest absolute Gasteiger partial charge is 0.491 e. The Morgan fingerprint density at radius 2 is 2.29 bits per heavy atom. The topological polar surface area (TPSA) is 29.9 Å². The van der Waals surface area contributed by atoms with Crippen LogP contribution in [0.3, 0.4) is 0 Å². The third kappa shape index (κ3) is 3.07. The lowest BCUT2D eigenvalue weighted by atomic mass is 10.3. The molecule has 2 heterocycles. The number of para-hydroxylation sites is 1. The van der Waals surface area contributed by atoms with Crippen molar-refractivity contribution in [3.05, 3.63) is 43.8 Å². The summed E-state index contributed by atoms with van der Waals surface area (Å²) in [7, 11) is 0. The monoisotopic (exact) mass is 382 g/mol. The number of halogens is 1. The maximum Gasteiger partial charge on any atom is 0.178 e. The normalized spacial score (nSPS) is 11.1. The van der Waals surface area contributed by atoms with Crippen LogP contribution in [-0.2, 0) is 6.54 Å². The molecule has 3 nitrogen and oxygen atoms in total. The molecule has 3 rings (SSSR count). The SMILES string of the molecule is CCCOc1cccc2c1[nH]c(=S)n2Cc1cc(Br)cs1. The molecule has 1 N–H and O–H groups in total. The van der Waals surface area contributed by atoms with Crippen molar-refractivity contribution in [3.8, 4) is 5.75 Å². The zero-order chi connectivity index (χ0) is 14.8. The number of hydrogen-bond donors (Lipinski definition) is 1. The molecule has 1 aromatic carbocycles. The Labute approximate surface area is 140 Å². The highest BCUT2D eigenvalue weighted by atomic mass is 79.9. The Bertz CT molecular complexity index is 819. The molecule has 110 valence electrons. The Kier molecular flexibility index (Phi) is 4.47. The fourth-order valence-corrected chi connectivity index (χ4v) is 3.94. The van der Waals surface area contributed by atoms with Crippen molar-refractivity contribution in [2.24, 2.45) is 0 Å². The number of H-pyrrole nitrogens is 1. The highest BCUT2D eigenvalue weighted by Gasteiger charge is 2.10. The van der Waals surface area contributed by atoms with E-state index in [1.165, 1.54) is 4.88 Å². The summed E-state index contributed by atoms with van der Waals surface area (Å²) in [5.41, 5.74) is 2.06. The van der Waals surface area contributed by atoms with E-state index in [4.69, 9.17) is 17.0 Å². The standard InChI is InChI=1S/C15H15BrN2OS2/c1-2-6-19-13-5-3-4-12-14(13)17-15(20)18(12)8-11-7-10(16)9-21-11/h3-5,7,9H,2,6,8H2,1H3,(H,17,20). The van der Waals surface area contributed by atoms with Crippen LogP contribution in [0.4, 0.5) is 0 Å². The number of aromatic nitrogens is 2. The smallest absolute Gasteiger partial charge is 0.178 e. The lowest BCUT2D eigenvalue weighted by Gasteiger charge is -2.06. The van der Waals surface area contributed by atoms with Crippen molar-refractivity contribution < 1.29 is 4.74 Å². The van der Waals surface area contributed by atoms with Gasteiger partial charge in [-0.2, -0.15) is 0 Å². The van der Waals surface area contributed by atoms with Crippen LogP contribution in [0.5, 0.6) is 5.75 Å². The Balaban J connectivity index is 2.03. The van der Waals surface area contributed by atoms with Crippen LogP contribution in [0.15, 0.2) is 34.1 Å². The number of benzene rings is 1. The molecule has 0 unspecified atom stereocenters. The van der Waals surface area contributed by atoms with Gasteiger partial charge in [0.05, 0.1) is 18.7 Å². The molecule has 0 fully saturated rings. The second kappa shape index (κ2) is 6.34. The molecule has 0 aliphatic rings. The number of thiophene rings is 1. The average molecular weight is 383 g/mol. The van der Waals surface area contributed by atoms with Gasteiger partial charge in [0.25, 0.3) is 0 Å². The fraction of sp³-hybridized carbons (Fsp3) is 0.267. The van der Waals surface area contributed by atoms with Gasteiger partial charge in [-0.05, 0) is 52.8 Å². The van der Waals surface area contributed by atoms with Crippen LogP contribution in [0.2, 0.25) is 0 Å². The van der Waals surface area contributed by atoms with Crippen LogP contribution in [0.1, 0.15) is 18.2 Å². The van der Waals surface area contributed by atoms with Crippen LogP contribution < -0.4 is 4.74 Å². The Morgan fingerprint density at radius 1 is 1.43 bits per heavy atom. The molecule has 0 amide bonds. The molecular weight excluding hydrogens is 368 g/mol. The van der Waals surface area contributed by atoms with Gasteiger partial charge in [-0.15, -0.1) is 11.3 Å². The summed E-state index contributed by atoms with van der Waals surface area (Å²) >= 11 is 10.7. The van der Waals surface area contributed by atoms with Gasteiger partial charge in [0.15, 0.2) is 4.77 Å². The van der Waals surface area contributed by atoms with Gasteiger partial charge >= 0.3 is 0 Å². The molecule has 0 saturated carbocycles. The number of nitrogens with one attached hydrogen (secondary N) is 1. The van der Waals surface area contributed by atoms with E-state index in [0.717, 1.165) is 39.0 Å². The van der Waals surface area contributed by atoms with E-state index >= 15 is 0 Å². The molecule has 0 aliphatic heterocycles. The molecule has 0 bridgehead atoms. The first-order valence-corrected chi connectivity index (χ1v) is 8.84. The summed E-state index contributed by atoms with van der Waals surface area (Å²) in [5.74, 6) is 0.867. The van der Waals surface area contributed by atoms with Gasteiger partial charge in [-0.1, -0.05) is 13.0 Å². The quantitative estimate of drug-likeness (QED) is 0.601. The summed E-state index contributed by atoms with van der Waals surface area (Å²) in [6.07, 6.45) is 0.987. The molecular formula is C15H15BrN2OS2. The van der Waals surface area contributed by atoms with Crippen molar-refractivity contribution in [1.29, 1.82) is 0 Å². The molecule has 2 aromatic heterocycles. The first kappa shape index (κ1) is 14.8. The van der Waals surface area contributed by atoms with Crippen molar-refractivity contribution in [3.63, 3.8) is 0 Å². The second-order valence-corrected chi connectivity index (χ2v) is 7.04. The first-order valence-electron chi connectivity index (χ1n) is 6.76. The van der Waals surface area contributed by atoms with Crippen LogP contribution in [0, 0.1) is 4.77 Å². The maximum atomic E-state index is 5.80. The highest BCUT2D eigenvalue weighted by Crippen LogP contribution is 2.27. The molecule has 0 saturated heterocycles. The lowest BCUT2D eigenvalue weighted by Crippen LogP contribution is -1.98. The van der Waals surface area contributed by atoms with Crippen LogP contribution in [-0.4, -0.2) is 16.2 Å². The Hall–Kier alpha value is -1.11. The van der Waals surface area contributed by atoms with Crippen molar-refractivity contribution in [2.75, 3.05) is 6.61 Å². The third-order valence-electron chi connectivity index (χ3n) is 3.17. The molecule has 0 spiro atoms. The number of imidazole rings is 1. The van der Waals surface area contributed by atoms with Gasteiger partial charge in [-0.3, -0.25) is 0 Å². The predicted molar refractivity (Wildman–Crippen MR) is 94.0 cm³/mol. The van der Waals surface area contributed by atoms with Crippen LogP contribution in [0.25, 0.3) is 11.0 Å². The van der Waals surface area contributed by atoms with Gasteiger partial charge < -0.3 is 14.3 Å². The van der Waals surface area contributed by atoms with E-state index in [1.54, 1.807) is 11.3 Å². The summed E-state index contributed by atoms with van der Waals surface area (Å²) in [6.45, 7) is 3.58. The van der Waals surface area contributed by atoms with E-state index in [2.05, 4.69) is 49.9 Å². The number of rotatable bonds is 5. The van der Waals surface area contributed by atoms with Gasteiger partial charge in [0.2, 0.25) is 0 Å². The average Bonchev–Trinajstić information content (AvgIpc) is 3.02. The minimum Gasteiger partial charge on any atom is -0.491 e. The third-order valence-corrected chi connectivity index (χ3v) is 5.17. The second-order valence-electron chi connectivity index (χ2n) is 4.75. The zero-order valence-electron chi connectivity index (χ0n) is 11.6. The minimum absolute atomic E-state index is 0.711. The summed E-state index contributed by atoms with van der Waals surface area (Å²) in [6, 6.07) is 8.19. The molecule has 0 aliphatic carbocycles. The number of ether oxygens (including phenoxy) is 1. The first-order chi connectivity index (χ1) is 10.2. The fourth-order valence-electron chi connectivity index (χ4n) is 2.24. The van der Waals surface area contributed by atoms with E-state index < -0.39 is 0 Å². The lowest BCUT2D eigenvalue weighted by molar-refractivity contribution is 0.320.